The molecule has 8 nitrogen and oxygen atoms in total. The molecule has 3 aromatic rings. The quantitative estimate of drug-likeness (QED) is 0.362. The van der Waals surface area contributed by atoms with E-state index in [0.29, 0.717) is 11.7 Å². The lowest BCUT2D eigenvalue weighted by molar-refractivity contribution is -0.118. The third kappa shape index (κ3) is 7.20. The Balaban J connectivity index is 0.00000380. The van der Waals surface area contributed by atoms with Gasteiger partial charge in [-0.15, -0.1) is 12.4 Å². The van der Waals surface area contributed by atoms with Crippen LogP contribution in [0.4, 0.5) is 5.13 Å². The SMILES string of the molecule is COc1ccc2sc(N(CCCN3CCOCC3)C(=O)Cc3ccc(S(=O)(=O)C(C)C)cc3)nc2c1.Cl. The van der Waals surface area contributed by atoms with Gasteiger partial charge in [0.15, 0.2) is 15.0 Å². The largest absolute Gasteiger partial charge is 0.497 e. The van der Waals surface area contributed by atoms with Crippen molar-refractivity contribution < 1.29 is 22.7 Å². The predicted octanol–water partition coefficient (Wildman–Crippen LogP) is 4.21. The smallest absolute Gasteiger partial charge is 0.233 e. The predicted molar refractivity (Wildman–Crippen MR) is 150 cm³/mol. The summed E-state index contributed by atoms with van der Waals surface area (Å²) in [5.74, 6) is 0.656. The third-order valence-electron chi connectivity index (χ3n) is 6.30. The number of aromatic nitrogens is 1. The van der Waals surface area contributed by atoms with E-state index in [1.165, 1.54) is 11.3 Å². The number of hydrogen-bond donors (Lipinski definition) is 0. The zero-order valence-electron chi connectivity index (χ0n) is 21.4. The van der Waals surface area contributed by atoms with Crippen LogP contribution in [0.5, 0.6) is 5.75 Å². The number of amides is 1. The van der Waals surface area contributed by atoms with Crippen molar-refractivity contribution in [1.29, 1.82) is 0 Å². The Morgan fingerprint density at radius 3 is 2.51 bits per heavy atom. The van der Waals surface area contributed by atoms with Gasteiger partial charge in [-0.2, -0.15) is 0 Å². The van der Waals surface area contributed by atoms with Crippen LogP contribution in [0.25, 0.3) is 10.2 Å². The fourth-order valence-corrected chi connectivity index (χ4v) is 6.13. The highest BCUT2D eigenvalue weighted by Gasteiger charge is 2.22. The van der Waals surface area contributed by atoms with E-state index in [2.05, 4.69) is 4.90 Å². The van der Waals surface area contributed by atoms with Crippen molar-refractivity contribution in [3.8, 4) is 5.75 Å². The van der Waals surface area contributed by atoms with Crippen molar-refractivity contribution in [3.63, 3.8) is 0 Å². The maximum absolute atomic E-state index is 13.5. The summed E-state index contributed by atoms with van der Waals surface area (Å²) in [5, 5.41) is 0.161. The molecule has 0 atom stereocenters. The van der Waals surface area contributed by atoms with Gasteiger partial charge in [0, 0.05) is 32.2 Å². The van der Waals surface area contributed by atoms with Crippen LogP contribution in [0.2, 0.25) is 0 Å². The molecule has 4 rings (SSSR count). The number of carbonyl (C=O) groups is 1. The van der Waals surface area contributed by atoms with Crippen LogP contribution in [-0.2, 0) is 25.8 Å². The number of sulfone groups is 1. The summed E-state index contributed by atoms with van der Waals surface area (Å²) in [5.41, 5.74) is 1.56. The van der Waals surface area contributed by atoms with Crippen molar-refractivity contribution in [2.45, 2.75) is 36.8 Å². The van der Waals surface area contributed by atoms with Gasteiger partial charge in [0.25, 0.3) is 0 Å². The van der Waals surface area contributed by atoms with Gasteiger partial charge in [0.1, 0.15) is 5.75 Å². The van der Waals surface area contributed by atoms with Crippen molar-refractivity contribution in [2.75, 3.05) is 51.4 Å². The fraction of sp³-hybridized carbons (Fsp3) is 0.462. The summed E-state index contributed by atoms with van der Waals surface area (Å²) in [7, 11) is -1.73. The monoisotopic (exact) mass is 567 g/mol. The highest BCUT2D eigenvalue weighted by Crippen LogP contribution is 2.32. The molecule has 1 aliphatic rings. The Hall–Kier alpha value is -2.24. The minimum atomic E-state index is -3.35. The number of ether oxygens (including phenoxy) is 2. The zero-order valence-corrected chi connectivity index (χ0v) is 23.8. The molecule has 0 spiro atoms. The molecule has 2 heterocycles. The number of fused-ring (bicyclic) bond motifs is 1. The molecule has 202 valence electrons. The molecular weight excluding hydrogens is 534 g/mol. The molecule has 0 bridgehead atoms. The first-order chi connectivity index (χ1) is 17.3. The highest BCUT2D eigenvalue weighted by atomic mass is 35.5. The second-order valence-electron chi connectivity index (χ2n) is 9.10. The lowest BCUT2D eigenvalue weighted by Gasteiger charge is -2.27. The number of morpholine rings is 1. The van der Waals surface area contributed by atoms with Gasteiger partial charge in [0.05, 0.1) is 47.1 Å². The number of benzene rings is 2. The van der Waals surface area contributed by atoms with Crippen molar-refractivity contribution in [2.24, 2.45) is 0 Å². The van der Waals surface area contributed by atoms with E-state index in [9.17, 15) is 13.2 Å². The first-order valence-corrected chi connectivity index (χ1v) is 14.5. The molecule has 0 aliphatic carbocycles. The van der Waals surface area contributed by atoms with Gasteiger partial charge >= 0.3 is 0 Å². The van der Waals surface area contributed by atoms with Crippen molar-refractivity contribution in [1.82, 2.24) is 9.88 Å². The molecule has 0 N–H and O–H groups in total. The Labute approximate surface area is 228 Å². The molecule has 11 heteroatoms. The van der Waals surface area contributed by atoms with Crippen LogP contribution in [0.3, 0.4) is 0 Å². The van der Waals surface area contributed by atoms with Crippen LogP contribution in [0.1, 0.15) is 25.8 Å². The summed E-state index contributed by atoms with van der Waals surface area (Å²) in [6.07, 6.45) is 0.982. The average Bonchev–Trinajstić information content (AvgIpc) is 3.30. The van der Waals surface area contributed by atoms with Crippen molar-refractivity contribution in [3.05, 3.63) is 48.0 Å². The second-order valence-corrected chi connectivity index (χ2v) is 12.6. The third-order valence-corrected chi connectivity index (χ3v) is 9.53. The molecule has 0 radical (unpaired) electrons. The lowest BCUT2D eigenvalue weighted by atomic mass is 10.1. The number of anilines is 1. The van der Waals surface area contributed by atoms with Gasteiger partial charge in [-0.25, -0.2) is 13.4 Å². The Bertz CT molecular complexity index is 1290. The molecule has 1 fully saturated rings. The van der Waals surface area contributed by atoms with E-state index in [-0.39, 0.29) is 29.6 Å². The maximum atomic E-state index is 13.5. The minimum Gasteiger partial charge on any atom is -0.497 e. The summed E-state index contributed by atoms with van der Waals surface area (Å²) < 4.78 is 36.6. The summed E-state index contributed by atoms with van der Waals surface area (Å²) in [6, 6.07) is 12.3. The van der Waals surface area contributed by atoms with Gasteiger partial charge in [-0.1, -0.05) is 23.5 Å². The normalized spacial score (nSPS) is 14.5. The van der Waals surface area contributed by atoms with Crippen LogP contribution in [0, 0.1) is 0 Å². The molecule has 0 saturated carbocycles. The van der Waals surface area contributed by atoms with Gasteiger partial charge < -0.3 is 9.47 Å². The van der Waals surface area contributed by atoms with Crippen LogP contribution >= 0.6 is 23.7 Å². The average molecular weight is 568 g/mol. The standard InChI is InChI=1S/C26H33N3O5S2.ClH/c1-19(2)36(31,32)22-8-5-20(6-9-22)17-25(30)29(12-4-11-28-13-15-34-16-14-28)26-27-23-18-21(33-3)7-10-24(23)35-26;/h5-10,18-19H,4,11-17H2,1-3H3;1H. The highest BCUT2D eigenvalue weighted by molar-refractivity contribution is 7.92. The summed E-state index contributed by atoms with van der Waals surface area (Å²) in [6.45, 7) is 8.04. The van der Waals surface area contributed by atoms with E-state index >= 15 is 0 Å². The van der Waals surface area contributed by atoms with Crippen LogP contribution in [-0.4, -0.2) is 76.0 Å². The molecule has 1 aromatic heterocycles. The van der Waals surface area contributed by atoms with E-state index in [1.807, 2.05) is 18.2 Å². The maximum Gasteiger partial charge on any atom is 0.233 e. The van der Waals surface area contributed by atoms with Gasteiger partial charge in [-0.3, -0.25) is 14.6 Å². The van der Waals surface area contributed by atoms with E-state index in [1.54, 1.807) is 50.1 Å². The molecule has 2 aromatic carbocycles. The molecular formula is C26H34ClN3O5S2. The molecule has 1 aliphatic heterocycles. The Morgan fingerprint density at radius 1 is 1.16 bits per heavy atom. The molecule has 1 saturated heterocycles. The zero-order chi connectivity index (χ0) is 25.7. The van der Waals surface area contributed by atoms with E-state index < -0.39 is 15.1 Å². The summed E-state index contributed by atoms with van der Waals surface area (Å²) in [4.78, 5) is 22.6. The summed E-state index contributed by atoms with van der Waals surface area (Å²) >= 11 is 1.48. The van der Waals surface area contributed by atoms with Crippen LogP contribution < -0.4 is 9.64 Å². The molecule has 1 amide bonds. The Kier molecular flexibility index (Phi) is 10.3. The first-order valence-electron chi connectivity index (χ1n) is 12.2. The first kappa shape index (κ1) is 29.3. The number of thiazole rings is 1. The van der Waals surface area contributed by atoms with Gasteiger partial charge in [-0.05, 0) is 50.1 Å². The number of methoxy groups -OCH3 is 1. The second kappa shape index (κ2) is 13.0. The van der Waals surface area contributed by atoms with E-state index in [0.717, 1.165) is 60.8 Å². The number of carbonyl (C=O) groups excluding carboxylic acids is 1. The molecule has 0 unspecified atom stereocenters. The topological polar surface area (TPSA) is 89.0 Å². The van der Waals surface area contributed by atoms with Crippen LogP contribution in [0.15, 0.2) is 47.4 Å². The fourth-order valence-electron chi connectivity index (χ4n) is 4.08. The Morgan fingerprint density at radius 2 is 1.86 bits per heavy atom. The van der Waals surface area contributed by atoms with Gasteiger partial charge in [0.2, 0.25) is 5.91 Å². The van der Waals surface area contributed by atoms with Crippen molar-refractivity contribution >= 4 is 54.8 Å². The number of nitrogens with zero attached hydrogens (tertiary/aromatic N) is 3. The number of halogens is 1. The number of rotatable bonds is 10. The number of hydrogen-bond acceptors (Lipinski definition) is 8. The lowest BCUT2D eigenvalue weighted by Crippen LogP contribution is -2.39. The van der Waals surface area contributed by atoms with E-state index in [4.69, 9.17) is 14.5 Å². The minimum absolute atomic E-state index is 0. The molecule has 37 heavy (non-hydrogen) atoms.